The van der Waals surface area contributed by atoms with Crippen molar-refractivity contribution < 1.29 is 13.2 Å². The Balaban J connectivity index is 2.19. The number of isocyanates is 1. The molecule has 0 aliphatic carbocycles. The van der Waals surface area contributed by atoms with Crippen LogP contribution in [0.4, 0.5) is 0 Å². The molecule has 7 nitrogen and oxygen atoms in total. The zero-order valence-corrected chi connectivity index (χ0v) is 10.7. The first-order valence-electron chi connectivity index (χ1n) is 5.64. The smallest absolute Gasteiger partial charge is 0.260 e. The average Bonchev–Trinajstić information content (AvgIpc) is 2.83. The average molecular weight is 270 g/mol. The number of carbonyl (C=O) groups excluding carboxylic acids is 1. The Hall–Kier alpha value is -1.50. The first kappa shape index (κ1) is 12.9. The summed E-state index contributed by atoms with van der Waals surface area (Å²) in [6.45, 7) is 2.15. The van der Waals surface area contributed by atoms with Crippen LogP contribution in [-0.2, 0) is 14.8 Å². The van der Waals surface area contributed by atoms with Crippen molar-refractivity contribution in [1.82, 2.24) is 14.5 Å². The third-order valence-corrected chi connectivity index (χ3v) is 5.03. The maximum Gasteiger partial charge on any atom is 0.260 e. The topological polar surface area (TPSA) is 95.5 Å². The van der Waals surface area contributed by atoms with Gasteiger partial charge in [-0.2, -0.15) is 9.40 Å². The lowest BCUT2D eigenvalue weighted by molar-refractivity contribution is 0.247. The molecule has 18 heavy (non-hydrogen) atoms. The van der Waals surface area contributed by atoms with E-state index in [1.807, 2.05) is 0 Å². The molecule has 1 aromatic rings. The molecule has 1 N–H and O–H groups in total. The number of nitrogens with zero attached hydrogens (tertiary/aromatic N) is 3. The van der Waals surface area contributed by atoms with Gasteiger partial charge in [0, 0.05) is 12.6 Å². The monoisotopic (exact) mass is 270 g/mol. The molecule has 0 bridgehead atoms. The molecule has 2 heterocycles. The van der Waals surface area contributed by atoms with Gasteiger partial charge in [-0.15, -0.1) is 0 Å². The van der Waals surface area contributed by atoms with Gasteiger partial charge in [0.25, 0.3) is 10.0 Å². The number of piperidine rings is 1. The summed E-state index contributed by atoms with van der Waals surface area (Å²) in [5, 5.41) is 6.21. The molecule has 0 spiro atoms. The van der Waals surface area contributed by atoms with Crippen molar-refractivity contribution in [2.45, 2.75) is 36.9 Å². The Morgan fingerprint density at radius 3 is 2.94 bits per heavy atom. The number of aliphatic imine (C=N–C) groups is 1. The number of hydrogen-bond donors (Lipinski definition) is 1. The first-order chi connectivity index (χ1) is 8.55. The number of aromatic nitrogens is 2. The molecule has 2 unspecified atom stereocenters. The molecule has 1 aromatic heterocycles. The molecule has 8 heteroatoms. The van der Waals surface area contributed by atoms with Gasteiger partial charge in [-0.3, -0.25) is 5.10 Å². The number of rotatable bonds is 3. The minimum atomic E-state index is -3.53. The van der Waals surface area contributed by atoms with Crippen LogP contribution >= 0.6 is 0 Å². The second-order valence-electron chi connectivity index (χ2n) is 4.28. The van der Waals surface area contributed by atoms with Crippen molar-refractivity contribution in [3.8, 4) is 0 Å². The van der Waals surface area contributed by atoms with Gasteiger partial charge >= 0.3 is 0 Å². The number of sulfonamides is 1. The fourth-order valence-electron chi connectivity index (χ4n) is 2.19. The molecule has 2 atom stereocenters. The van der Waals surface area contributed by atoms with Crippen LogP contribution in [0.1, 0.15) is 19.8 Å². The zero-order valence-electron chi connectivity index (χ0n) is 9.91. The molecular weight excluding hydrogens is 256 g/mol. The van der Waals surface area contributed by atoms with Gasteiger partial charge in [-0.05, 0) is 25.8 Å². The van der Waals surface area contributed by atoms with E-state index in [1.54, 1.807) is 6.92 Å². The summed E-state index contributed by atoms with van der Waals surface area (Å²) < 4.78 is 26.0. The van der Waals surface area contributed by atoms with Crippen LogP contribution in [0.25, 0.3) is 0 Å². The van der Waals surface area contributed by atoms with Crippen molar-refractivity contribution in [2.75, 3.05) is 6.54 Å². The third kappa shape index (κ3) is 2.35. The van der Waals surface area contributed by atoms with Crippen molar-refractivity contribution in [3.05, 3.63) is 12.3 Å². The zero-order chi connectivity index (χ0) is 13.2. The Kier molecular flexibility index (Phi) is 3.60. The van der Waals surface area contributed by atoms with Gasteiger partial charge in [0.15, 0.2) is 5.03 Å². The number of aromatic amines is 1. The molecule has 1 aliphatic heterocycles. The number of hydrogen-bond acceptors (Lipinski definition) is 5. The van der Waals surface area contributed by atoms with Crippen LogP contribution in [0.2, 0.25) is 0 Å². The SMILES string of the molecule is CC1CC(N=C=O)CCN1S(=O)(=O)c1ccn[nH]1. The molecule has 1 fully saturated rings. The number of H-pyrrole nitrogens is 1. The molecule has 0 radical (unpaired) electrons. The Labute approximate surface area is 105 Å². The van der Waals surface area contributed by atoms with E-state index in [0.29, 0.717) is 19.4 Å². The van der Waals surface area contributed by atoms with Gasteiger partial charge in [-0.25, -0.2) is 18.2 Å². The summed E-state index contributed by atoms with van der Waals surface area (Å²) in [7, 11) is -3.53. The van der Waals surface area contributed by atoms with E-state index in [2.05, 4.69) is 15.2 Å². The van der Waals surface area contributed by atoms with Crippen LogP contribution in [-0.4, -0.2) is 47.6 Å². The van der Waals surface area contributed by atoms with E-state index >= 15 is 0 Å². The fraction of sp³-hybridized carbons (Fsp3) is 0.600. The minimum Gasteiger partial charge on any atom is -0.266 e. The molecule has 2 rings (SSSR count). The molecule has 0 saturated carbocycles. The molecule has 1 saturated heterocycles. The largest absolute Gasteiger partial charge is 0.266 e. The van der Waals surface area contributed by atoms with Crippen molar-refractivity contribution in [1.29, 1.82) is 0 Å². The van der Waals surface area contributed by atoms with Crippen molar-refractivity contribution in [3.63, 3.8) is 0 Å². The van der Waals surface area contributed by atoms with Crippen LogP contribution in [0.5, 0.6) is 0 Å². The lowest BCUT2D eigenvalue weighted by Gasteiger charge is -2.34. The van der Waals surface area contributed by atoms with Crippen LogP contribution in [0.3, 0.4) is 0 Å². The fourth-order valence-corrected chi connectivity index (χ4v) is 3.75. The summed E-state index contributed by atoms with van der Waals surface area (Å²) in [4.78, 5) is 13.9. The Morgan fingerprint density at radius 1 is 1.61 bits per heavy atom. The Bertz CT molecular complexity index is 548. The highest BCUT2D eigenvalue weighted by atomic mass is 32.2. The first-order valence-corrected chi connectivity index (χ1v) is 7.08. The summed E-state index contributed by atoms with van der Waals surface area (Å²) in [6.07, 6.45) is 4.00. The third-order valence-electron chi connectivity index (χ3n) is 3.08. The predicted molar refractivity (Wildman–Crippen MR) is 63.1 cm³/mol. The summed E-state index contributed by atoms with van der Waals surface area (Å²) in [5.74, 6) is 0. The standard InChI is InChI=1S/C10H14N4O3S/c1-8-6-9(11-7-15)3-5-14(8)18(16,17)10-2-4-12-13-10/h2,4,8-9H,3,5-6H2,1H3,(H,12,13). The van der Waals surface area contributed by atoms with Crippen molar-refractivity contribution >= 4 is 16.1 Å². The minimum absolute atomic E-state index is 0.0895. The van der Waals surface area contributed by atoms with Gasteiger partial charge in [-0.1, -0.05) is 0 Å². The van der Waals surface area contributed by atoms with Crippen molar-refractivity contribution in [2.24, 2.45) is 4.99 Å². The van der Waals surface area contributed by atoms with Gasteiger partial charge in [0.05, 0.1) is 12.2 Å². The number of nitrogens with one attached hydrogen (secondary N) is 1. The van der Waals surface area contributed by atoms with Gasteiger partial charge in [0.2, 0.25) is 6.08 Å². The van der Waals surface area contributed by atoms with Gasteiger partial charge in [0.1, 0.15) is 0 Å². The molecule has 1 aliphatic rings. The predicted octanol–water partition coefficient (Wildman–Crippen LogP) is 0.287. The van der Waals surface area contributed by atoms with Crippen LogP contribution in [0.15, 0.2) is 22.3 Å². The highest BCUT2D eigenvalue weighted by Crippen LogP contribution is 2.25. The van der Waals surface area contributed by atoms with E-state index in [9.17, 15) is 13.2 Å². The maximum atomic E-state index is 12.3. The quantitative estimate of drug-likeness (QED) is 0.630. The van der Waals surface area contributed by atoms with E-state index in [0.717, 1.165) is 0 Å². The molecule has 0 aromatic carbocycles. The highest BCUT2D eigenvalue weighted by molar-refractivity contribution is 7.89. The lowest BCUT2D eigenvalue weighted by atomic mass is 10.0. The lowest BCUT2D eigenvalue weighted by Crippen LogP contribution is -2.45. The molecule has 0 amide bonds. The second kappa shape index (κ2) is 5.01. The van der Waals surface area contributed by atoms with Crippen LogP contribution < -0.4 is 0 Å². The molecular formula is C10H14N4O3S. The van der Waals surface area contributed by atoms with E-state index in [-0.39, 0.29) is 17.1 Å². The highest BCUT2D eigenvalue weighted by Gasteiger charge is 2.35. The summed E-state index contributed by atoms with van der Waals surface area (Å²) in [5.41, 5.74) is 0. The van der Waals surface area contributed by atoms with E-state index in [1.165, 1.54) is 22.6 Å². The summed E-state index contributed by atoms with van der Waals surface area (Å²) >= 11 is 0. The Morgan fingerprint density at radius 2 is 2.39 bits per heavy atom. The molecule has 98 valence electrons. The van der Waals surface area contributed by atoms with Crippen LogP contribution in [0, 0.1) is 0 Å². The maximum absolute atomic E-state index is 12.3. The van der Waals surface area contributed by atoms with E-state index in [4.69, 9.17) is 0 Å². The summed E-state index contributed by atoms with van der Waals surface area (Å²) in [6, 6.07) is 1.09. The van der Waals surface area contributed by atoms with Gasteiger partial charge < -0.3 is 0 Å². The second-order valence-corrected chi connectivity index (χ2v) is 6.14. The van der Waals surface area contributed by atoms with E-state index < -0.39 is 10.0 Å². The normalized spacial score (nSPS) is 25.6.